The van der Waals surface area contributed by atoms with Crippen molar-refractivity contribution < 1.29 is 19.4 Å². The number of rotatable bonds is 7. The van der Waals surface area contributed by atoms with Crippen LogP contribution in [0.1, 0.15) is 32.0 Å². The van der Waals surface area contributed by atoms with E-state index in [2.05, 4.69) is 26.3 Å². The summed E-state index contributed by atoms with van der Waals surface area (Å²) in [7, 11) is 1.49. The molecule has 0 radical (unpaired) electrons. The molecule has 11 nitrogen and oxygen atoms in total. The highest BCUT2D eigenvalue weighted by atomic mass is 35.5. The summed E-state index contributed by atoms with van der Waals surface area (Å²) in [5, 5.41) is 24.7. The summed E-state index contributed by atoms with van der Waals surface area (Å²) >= 11 is 12.9. The molecule has 4 amide bonds. The van der Waals surface area contributed by atoms with Crippen molar-refractivity contribution in [2.75, 3.05) is 23.0 Å². The molecule has 2 heterocycles. The number of halogens is 2. The summed E-state index contributed by atoms with van der Waals surface area (Å²) in [6, 6.07) is 14.2. The average molecular weight is 598 g/mol. The van der Waals surface area contributed by atoms with E-state index < -0.39 is 12.1 Å². The molecule has 0 bridgehead atoms. The lowest BCUT2D eigenvalue weighted by Crippen LogP contribution is -2.24. The number of aliphatic hydroxyl groups excluding tert-OH is 1. The van der Waals surface area contributed by atoms with Crippen molar-refractivity contribution >= 4 is 52.6 Å². The first-order chi connectivity index (χ1) is 19.5. The number of ether oxygens (including phenoxy) is 1. The van der Waals surface area contributed by atoms with Crippen LogP contribution in [-0.2, 0) is 12.0 Å². The summed E-state index contributed by atoms with van der Waals surface area (Å²) in [5.41, 5.74) is 2.22. The smallest absolute Gasteiger partial charge is 0.324 e. The first-order valence-corrected chi connectivity index (χ1v) is 13.2. The fourth-order valence-electron chi connectivity index (χ4n) is 3.60. The largest absolute Gasteiger partial charge is 0.456 e. The lowest BCUT2D eigenvalue weighted by atomic mass is 9.92. The van der Waals surface area contributed by atoms with Crippen LogP contribution in [0.3, 0.4) is 0 Å². The second kappa shape index (κ2) is 12.5. The number of carbonyl (C=O) groups is 2. The predicted molar refractivity (Wildman–Crippen MR) is 160 cm³/mol. The first-order valence-electron chi connectivity index (χ1n) is 12.5. The summed E-state index contributed by atoms with van der Waals surface area (Å²) < 4.78 is 7.45. The molecular weight excluding hydrogens is 569 g/mol. The maximum Gasteiger partial charge on any atom is 0.324 e. The van der Waals surface area contributed by atoms with Gasteiger partial charge < -0.3 is 20.5 Å². The van der Waals surface area contributed by atoms with Gasteiger partial charge in [0.05, 0.1) is 28.7 Å². The van der Waals surface area contributed by atoms with E-state index in [4.69, 9.17) is 33.0 Å². The van der Waals surface area contributed by atoms with E-state index in [1.165, 1.54) is 19.3 Å². The van der Waals surface area contributed by atoms with Gasteiger partial charge in [-0.15, -0.1) is 0 Å². The number of aliphatic hydroxyl groups is 1. The second-order valence-electron chi connectivity index (χ2n) is 9.90. The Morgan fingerprint density at radius 2 is 1.68 bits per heavy atom. The topological polar surface area (TPSA) is 142 Å². The third-order valence-electron chi connectivity index (χ3n) is 5.81. The minimum absolute atomic E-state index is 0.0700. The van der Waals surface area contributed by atoms with Gasteiger partial charge in [0.25, 0.3) is 0 Å². The lowest BCUT2D eigenvalue weighted by molar-refractivity contribution is 0.254. The van der Waals surface area contributed by atoms with Crippen molar-refractivity contribution in [3.8, 4) is 17.2 Å². The van der Waals surface area contributed by atoms with Crippen LogP contribution in [0.2, 0.25) is 10.0 Å². The number of nitrogens with one attached hydrogen (secondary N) is 4. The number of nitrogens with zero attached hydrogens (tertiary/aromatic N) is 3. The maximum atomic E-state index is 13.0. The van der Waals surface area contributed by atoms with Crippen LogP contribution < -0.4 is 26.0 Å². The molecule has 4 aromatic rings. The Hall–Kier alpha value is -4.32. The van der Waals surface area contributed by atoms with Crippen LogP contribution in [-0.4, -0.2) is 39.0 Å². The number of hydrogen-bond donors (Lipinski definition) is 5. The number of pyridine rings is 1. The van der Waals surface area contributed by atoms with Gasteiger partial charge in [-0.05, 0) is 35.9 Å². The van der Waals surface area contributed by atoms with Gasteiger partial charge in [-0.2, -0.15) is 5.10 Å². The predicted octanol–water partition coefficient (Wildman–Crippen LogP) is 6.55. The number of carbonyl (C=O) groups excluding carboxylic acids is 2. The normalized spacial score (nSPS) is 11.1. The van der Waals surface area contributed by atoms with Crippen molar-refractivity contribution in [2.24, 2.45) is 0 Å². The fourth-order valence-corrected chi connectivity index (χ4v) is 4.01. The number of benzene rings is 2. The van der Waals surface area contributed by atoms with Crippen LogP contribution in [0.15, 0.2) is 60.8 Å². The first kappa shape index (κ1) is 29.7. The second-order valence-corrected chi connectivity index (χ2v) is 10.7. The molecule has 0 aliphatic heterocycles. The summed E-state index contributed by atoms with van der Waals surface area (Å²) in [4.78, 5) is 28.7. The minimum Gasteiger partial charge on any atom is -0.456 e. The summed E-state index contributed by atoms with van der Waals surface area (Å²) in [6.45, 7) is 5.99. The van der Waals surface area contributed by atoms with E-state index in [-0.39, 0.29) is 39.3 Å². The van der Waals surface area contributed by atoms with Crippen molar-refractivity contribution in [2.45, 2.75) is 32.8 Å². The van der Waals surface area contributed by atoms with Crippen molar-refractivity contribution in [1.82, 2.24) is 20.1 Å². The van der Waals surface area contributed by atoms with Gasteiger partial charge in [0.2, 0.25) is 0 Å². The molecule has 4 rings (SSSR count). The quantitative estimate of drug-likeness (QED) is 0.163. The Kier molecular flexibility index (Phi) is 9.01. The molecule has 0 atom stereocenters. The number of aromatic nitrogens is 3. The van der Waals surface area contributed by atoms with Gasteiger partial charge in [-0.1, -0.05) is 56.1 Å². The van der Waals surface area contributed by atoms with Crippen LogP contribution in [0.5, 0.6) is 11.5 Å². The molecule has 0 fully saturated rings. The molecule has 2 aromatic carbocycles. The van der Waals surface area contributed by atoms with Gasteiger partial charge >= 0.3 is 12.1 Å². The molecule has 214 valence electrons. The number of hydrogen-bond acceptors (Lipinski definition) is 6. The van der Waals surface area contributed by atoms with Crippen molar-refractivity contribution in [3.63, 3.8) is 0 Å². The van der Waals surface area contributed by atoms with Gasteiger partial charge in [-0.3, -0.25) is 10.6 Å². The SMILES string of the molecule is CNC(=O)Nc1cc(Oc2ccc(NC(=O)Nc3cc(C(C)(C)C)nn3-c3ccc(CO)cc3)c(Cl)c2Cl)ccn1. The molecule has 2 aromatic heterocycles. The summed E-state index contributed by atoms with van der Waals surface area (Å²) in [5.74, 6) is 1.30. The van der Waals surface area contributed by atoms with Gasteiger partial charge in [0.15, 0.2) is 0 Å². The monoisotopic (exact) mass is 597 g/mol. The van der Waals surface area contributed by atoms with E-state index in [0.717, 1.165) is 11.3 Å². The highest BCUT2D eigenvalue weighted by Crippen LogP contribution is 2.40. The Bertz CT molecular complexity index is 1570. The molecule has 5 N–H and O–H groups in total. The molecule has 0 aliphatic rings. The molecule has 0 saturated heterocycles. The highest BCUT2D eigenvalue weighted by molar-refractivity contribution is 6.45. The number of amides is 4. The van der Waals surface area contributed by atoms with Gasteiger partial charge in [0.1, 0.15) is 28.2 Å². The minimum atomic E-state index is -0.565. The molecule has 41 heavy (non-hydrogen) atoms. The van der Waals surface area contributed by atoms with E-state index in [1.54, 1.807) is 41.1 Å². The van der Waals surface area contributed by atoms with E-state index in [9.17, 15) is 14.7 Å². The third-order valence-corrected chi connectivity index (χ3v) is 6.67. The third kappa shape index (κ3) is 7.26. The van der Waals surface area contributed by atoms with Crippen LogP contribution in [0.25, 0.3) is 5.69 Å². The van der Waals surface area contributed by atoms with Crippen molar-refractivity contribution in [3.05, 3.63) is 82.1 Å². The molecule has 0 unspecified atom stereocenters. The molecule has 0 saturated carbocycles. The Balaban J connectivity index is 1.52. The van der Waals surface area contributed by atoms with Crippen LogP contribution in [0.4, 0.5) is 26.9 Å². The molecule has 0 spiro atoms. The van der Waals surface area contributed by atoms with E-state index in [1.807, 2.05) is 32.9 Å². The van der Waals surface area contributed by atoms with E-state index in [0.29, 0.717) is 17.3 Å². The zero-order valence-electron chi connectivity index (χ0n) is 22.8. The van der Waals surface area contributed by atoms with Gasteiger partial charge in [-0.25, -0.2) is 19.3 Å². The van der Waals surface area contributed by atoms with Crippen LogP contribution >= 0.6 is 23.2 Å². The zero-order chi connectivity index (χ0) is 29.7. The van der Waals surface area contributed by atoms with Gasteiger partial charge in [0, 0.05) is 30.8 Å². The Morgan fingerprint density at radius 1 is 0.951 bits per heavy atom. The number of urea groups is 2. The average Bonchev–Trinajstić information content (AvgIpc) is 3.37. The van der Waals surface area contributed by atoms with Crippen molar-refractivity contribution in [1.29, 1.82) is 0 Å². The Labute approximate surface area is 246 Å². The fraction of sp³-hybridized carbons (Fsp3) is 0.214. The maximum absolute atomic E-state index is 13.0. The summed E-state index contributed by atoms with van der Waals surface area (Å²) in [6.07, 6.45) is 1.47. The van der Waals surface area contributed by atoms with E-state index >= 15 is 0 Å². The molecule has 0 aliphatic carbocycles. The molecule has 13 heteroatoms. The lowest BCUT2D eigenvalue weighted by Gasteiger charge is -2.14. The standard InChI is InChI=1S/C28H29Cl2N7O4/c1-28(2,3)21-14-23(37(36-21)17-7-5-16(15-38)6-8-17)35-27(40)33-19-9-10-20(25(30)24(19)29)41-18-11-12-32-22(13-18)34-26(39)31-4/h5-14,38H,15H2,1-4H3,(H2,33,35,40)(H2,31,32,34,39). The highest BCUT2D eigenvalue weighted by Gasteiger charge is 2.22. The Morgan fingerprint density at radius 3 is 2.34 bits per heavy atom. The molecular formula is C28H29Cl2N7O4. The zero-order valence-corrected chi connectivity index (χ0v) is 24.3. The van der Waals surface area contributed by atoms with Crippen LogP contribution in [0, 0.1) is 0 Å². The number of anilines is 3.